The highest BCUT2D eigenvalue weighted by Gasteiger charge is 2.34. The Morgan fingerprint density at radius 1 is 1.20 bits per heavy atom. The maximum absolute atomic E-state index is 13.4. The lowest BCUT2D eigenvalue weighted by Crippen LogP contribution is -2.57. The first-order valence-electron chi connectivity index (χ1n) is 8.58. The molecule has 30 heavy (non-hydrogen) atoms. The topological polar surface area (TPSA) is 54.5 Å². The molecular weight excluding hydrogens is 416 g/mol. The molecule has 2 aromatic rings. The minimum Gasteiger partial charge on any atom is -0.437 e. The molecule has 3 rings (SSSR count). The van der Waals surface area contributed by atoms with Gasteiger partial charge in [0.05, 0.1) is 11.6 Å². The highest BCUT2D eigenvalue weighted by molar-refractivity contribution is 5.91. The molecule has 1 aromatic heterocycles. The van der Waals surface area contributed by atoms with Crippen LogP contribution >= 0.6 is 0 Å². The van der Waals surface area contributed by atoms with Crippen LogP contribution in [0.15, 0.2) is 48.9 Å². The normalized spacial score (nSPS) is 14.4. The van der Waals surface area contributed by atoms with Crippen molar-refractivity contribution in [1.82, 2.24) is 9.88 Å². The summed E-state index contributed by atoms with van der Waals surface area (Å²) in [5.74, 6) is -2.33. The predicted molar refractivity (Wildman–Crippen MR) is 95.0 cm³/mol. The first-order chi connectivity index (χ1) is 14.1. The van der Waals surface area contributed by atoms with Gasteiger partial charge in [-0.1, -0.05) is 6.58 Å². The third-order valence-electron chi connectivity index (χ3n) is 4.33. The fraction of sp³-hybridized carbons (Fsp3) is 0.263. The van der Waals surface area contributed by atoms with Gasteiger partial charge in [0.1, 0.15) is 11.4 Å². The number of carbonyl (C=O) groups excluding carboxylic acids is 1. The number of hydrogen-bond acceptors (Lipinski definition) is 4. The summed E-state index contributed by atoms with van der Waals surface area (Å²) in [4.78, 5) is 16.5. The number of nitrogens with one attached hydrogen (secondary N) is 1. The van der Waals surface area contributed by atoms with Crippen LogP contribution < -0.4 is 10.1 Å². The Balaban J connectivity index is 1.79. The van der Waals surface area contributed by atoms with Crippen LogP contribution in [0.5, 0.6) is 11.6 Å². The van der Waals surface area contributed by atoms with Crippen molar-refractivity contribution in [2.75, 3.05) is 18.4 Å². The molecule has 1 amide bonds. The summed E-state index contributed by atoms with van der Waals surface area (Å²) < 4.78 is 83.2. The summed E-state index contributed by atoms with van der Waals surface area (Å²) in [6.45, 7) is 2.99. The minimum atomic E-state index is -4.53. The summed E-state index contributed by atoms with van der Waals surface area (Å²) in [5, 5.41) is 2.78. The van der Waals surface area contributed by atoms with Crippen LogP contribution in [0.1, 0.15) is 17.6 Å². The van der Waals surface area contributed by atoms with E-state index >= 15 is 0 Å². The summed E-state index contributed by atoms with van der Waals surface area (Å²) >= 11 is 0. The number of aromatic nitrogens is 1. The van der Waals surface area contributed by atoms with Gasteiger partial charge in [-0.3, -0.25) is 4.79 Å². The van der Waals surface area contributed by atoms with E-state index in [1.165, 1.54) is 0 Å². The van der Waals surface area contributed by atoms with Gasteiger partial charge < -0.3 is 15.0 Å². The van der Waals surface area contributed by atoms with E-state index in [4.69, 9.17) is 4.74 Å². The third kappa shape index (κ3) is 4.66. The van der Waals surface area contributed by atoms with Gasteiger partial charge in [0, 0.05) is 24.8 Å². The van der Waals surface area contributed by atoms with Crippen LogP contribution in [0, 0.1) is 0 Å². The number of hydrogen-bond donors (Lipinski definition) is 1. The van der Waals surface area contributed by atoms with E-state index in [0.29, 0.717) is 0 Å². The van der Waals surface area contributed by atoms with Gasteiger partial charge in [0.2, 0.25) is 5.88 Å². The lowest BCUT2D eigenvalue weighted by molar-refractivity contribution is -0.137. The number of alkyl halides is 5. The van der Waals surface area contributed by atoms with Crippen molar-refractivity contribution in [3.05, 3.63) is 60.1 Å². The Hall–Kier alpha value is -3.24. The monoisotopic (exact) mass is 431 g/mol. The second kappa shape index (κ2) is 8.25. The second-order valence-corrected chi connectivity index (χ2v) is 6.46. The van der Waals surface area contributed by atoms with Gasteiger partial charge in [0.25, 0.3) is 12.3 Å². The number of carbonyl (C=O) groups is 1. The van der Waals surface area contributed by atoms with Gasteiger partial charge in [-0.2, -0.15) is 13.2 Å². The zero-order valence-corrected chi connectivity index (χ0v) is 15.2. The zero-order valence-electron chi connectivity index (χ0n) is 15.2. The molecule has 0 aliphatic carbocycles. The second-order valence-electron chi connectivity index (χ2n) is 6.46. The lowest BCUT2D eigenvalue weighted by atomic mass is 10.1. The predicted octanol–water partition coefficient (Wildman–Crippen LogP) is 4.94. The van der Waals surface area contributed by atoms with Crippen molar-refractivity contribution in [2.24, 2.45) is 0 Å². The van der Waals surface area contributed by atoms with Crippen LogP contribution in [0.3, 0.4) is 0 Å². The van der Waals surface area contributed by atoms with E-state index in [0.717, 1.165) is 41.4 Å². The highest BCUT2D eigenvalue weighted by atomic mass is 19.4. The van der Waals surface area contributed by atoms with Crippen LogP contribution in [0.25, 0.3) is 0 Å². The van der Waals surface area contributed by atoms with Gasteiger partial charge >= 0.3 is 6.18 Å². The SMILES string of the molecule is C=C(F)C(=O)N1CC(Nc2c(C(F)F)ccnc2Oc2ccc(C(F)(F)F)cc2)C1. The number of ether oxygens (including phenoxy) is 1. The summed E-state index contributed by atoms with van der Waals surface area (Å²) in [6.07, 6.45) is -6.35. The Bertz CT molecular complexity index is 940. The first kappa shape index (κ1) is 21.5. The van der Waals surface area contributed by atoms with Crippen LogP contribution in [0.4, 0.5) is 32.0 Å². The summed E-state index contributed by atoms with van der Waals surface area (Å²) in [5.41, 5.74) is -1.49. The number of rotatable bonds is 6. The summed E-state index contributed by atoms with van der Waals surface area (Å²) in [6, 6.07) is 4.25. The first-order valence-corrected chi connectivity index (χ1v) is 8.58. The van der Waals surface area contributed by atoms with E-state index in [2.05, 4.69) is 16.9 Å². The highest BCUT2D eigenvalue weighted by Crippen LogP contribution is 2.37. The molecule has 0 atom stereocenters. The molecule has 1 N–H and O–H groups in total. The number of amides is 1. The molecule has 0 unspecified atom stereocenters. The molecule has 1 fully saturated rings. The van der Waals surface area contributed by atoms with E-state index in [1.807, 2.05) is 0 Å². The Morgan fingerprint density at radius 3 is 2.37 bits per heavy atom. The molecule has 160 valence electrons. The van der Waals surface area contributed by atoms with Crippen molar-refractivity contribution >= 4 is 11.6 Å². The molecule has 0 radical (unpaired) electrons. The van der Waals surface area contributed by atoms with E-state index < -0.39 is 41.5 Å². The van der Waals surface area contributed by atoms with Gasteiger partial charge in [0.15, 0.2) is 5.83 Å². The number of nitrogens with zero attached hydrogens (tertiary/aromatic N) is 2. The fourth-order valence-electron chi connectivity index (χ4n) is 2.80. The van der Waals surface area contributed by atoms with Gasteiger partial charge in [-0.25, -0.2) is 18.2 Å². The Morgan fingerprint density at radius 2 is 1.83 bits per heavy atom. The number of anilines is 1. The smallest absolute Gasteiger partial charge is 0.416 e. The number of halogens is 6. The molecule has 1 aliphatic heterocycles. The zero-order chi connectivity index (χ0) is 22.1. The molecule has 0 spiro atoms. The fourth-order valence-corrected chi connectivity index (χ4v) is 2.80. The number of pyridine rings is 1. The van der Waals surface area contributed by atoms with Crippen LogP contribution in [-0.2, 0) is 11.0 Å². The van der Waals surface area contributed by atoms with Crippen molar-refractivity contribution in [3.63, 3.8) is 0 Å². The van der Waals surface area contributed by atoms with Crippen molar-refractivity contribution in [3.8, 4) is 11.6 Å². The maximum Gasteiger partial charge on any atom is 0.416 e. The largest absolute Gasteiger partial charge is 0.437 e. The summed E-state index contributed by atoms with van der Waals surface area (Å²) in [7, 11) is 0. The average Bonchev–Trinajstić information content (AvgIpc) is 2.64. The quantitative estimate of drug-likeness (QED) is 0.520. The molecule has 1 aromatic carbocycles. The van der Waals surface area contributed by atoms with Crippen LogP contribution in [-0.4, -0.2) is 34.9 Å². The van der Waals surface area contributed by atoms with Gasteiger partial charge in [-0.05, 0) is 30.3 Å². The van der Waals surface area contributed by atoms with Crippen molar-refractivity contribution < 1.29 is 35.9 Å². The van der Waals surface area contributed by atoms with Gasteiger partial charge in [-0.15, -0.1) is 0 Å². The van der Waals surface area contributed by atoms with Crippen LogP contribution in [0.2, 0.25) is 0 Å². The number of likely N-dealkylation sites (tertiary alicyclic amines) is 1. The van der Waals surface area contributed by atoms with Crippen molar-refractivity contribution in [1.29, 1.82) is 0 Å². The minimum absolute atomic E-state index is 0.0379. The Kier molecular flexibility index (Phi) is 5.90. The molecule has 2 heterocycles. The molecule has 0 bridgehead atoms. The van der Waals surface area contributed by atoms with E-state index in [-0.39, 0.29) is 30.4 Å². The molecule has 1 saturated heterocycles. The third-order valence-corrected chi connectivity index (χ3v) is 4.33. The molecular formula is C19H15F6N3O2. The van der Waals surface area contributed by atoms with Crippen molar-refractivity contribution in [2.45, 2.75) is 18.6 Å². The maximum atomic E-state index is 13.4. The van der Waals surface area contributed by atoms with E-state index in [1.54, 1.807) is 0 Å². The molecule has 5 nitrogen and oxygen atoms in total. The Labute approximate surface area is 167 Å². The average molecular weight is 431 g/mol. The standard InChI is InChI=1S/C19H15F6N3O2/c1-10(20)18(29)28-8-12(9-28)27-15-14(16(21)22)6-7-26-17(15)30-13-4-2-11(3-5-13)19(23,24)25/h2-7,12,16,27H,1,8-9H2. The lowest BCUT2D eigenvalue weighted by Gasteiger charge is -2.40. The molecule has 1 aliphatic rings. The number of benzene rings is 1. The van der Waals surface area contributed by atoms with E-state index in [9.17, 15) is 31.1 Å². The molecule has 0 saturated carbocycles. The molecule has 11 heteroatoms.